The van der Waals surface area contributed by atoms with E-state index in [2.05, 4.69) is 37.1 Å². The van der Waals surface area contributed by atoms with E-state index < -0.39 is 0 Å². The number of fused-ring (bicyclic) bond motifs is 2. The van der Waals surface area contributed by atoms with Gasteiger partial charge in [-0.1, -0.05) is 147 Å². The zero-order chi connectivity index (χ0) is 44.0. The van der Waals surface area contributed by atoms with Crippen molar-refractivity contribution >= 4 is 50.9 Å². The number of nitrogens with zero attached hydrogens (tertiary/aromatic N) is 4. The van der Waals surface area contributed by atoms with Gasteiger partial charge in [-0.15, -0.1) is 0 Å². The van der Waals surface area contributed by atoms with E-state index in [-0.39, 0.29) is 6.10 Å². The van der Waals surface area contributed by atoms with Gasteiger partial charge in [0.2, 0.25) is 22.8 Å². The molecule has 2 atom stereocenters. The molecule has 4 aromatic carbocycles. The smallest absolute Gasteiger partial charge is 0.228 e. The summed E-state index contributed by atoms with van der Waals surface area (Å²) in [4.78, 5) is 15.9. The monoisotopic (exact) mass is 856 g/mol. The summed E-state index contributed by atoms with van der Waals surface area (Å²) in [5.74, 6) is 1.46. The maximum atomic E-state index is 7.68. The topological polar surface area (TPSA) is 117 Å². The van der Waals surface area contributed by atoms with Gasteiger partial charge in [-0.3, -0.25) is 0 Å². The molecule has 6 heterocycles. The van der Waals surface area contributed by atoms with Crippen LogP contribution in [0, 0.1) is 13.1 Å². The molecule has 11 heteroatoms. The number of halogens is 1. The fourth-order valence-electron chi connectivity index (χ4n) is 7.61. The summed E-state index contributed by atoms with van der Waals surface area (Å²) in [5.41, 5.74) is 13.6. The van der Waals surface area contributed by atoms with E-state index in [0.717, 1.165) is 82.7 Å². The van der Waals surface area contributed by atoms with E-state index in [1.807, 2.05) is 123 Å². The Morgan fingerprint density at radius 3 is 1.48 bits per heavy atom. The van der Waals surface area contributed by atoms with Crippen molar-refractivity contribution < 1.29 is 18.3 Å². The van der Waals surface area contributed by atoms with Crippen molar-refractivity contribution in [3.63, 3.8) is 0 Å². The van der Waals surface area contributed by atoms with Crippen molar-refractivity contribution in [2.45, 2.75) is 51.7 Å². The van der Waals surface area contributed by atoms with Crippen LogP contribution < -0.4 is 11.1 Å². The molecule has 0 radical (unpaired) electrons. The first-order valence-electron chi connectivity index (χ1n) is 21.3. The van der Waals surface area contributed by atoms with E-state index in [4.69, 9.17) is 48.8 Å². The van der Waals surface area contributed by atoms with Crippen LogP contribution in [0.25, 0.3) is 76.8 Å². The molecule has 4 aromatic heterocycles. The molecule has 0 spiro atoms. The van der Waals surface area contributed by atoms with E-state index in [9.17, 15) is 0 Å². The normalized spacial score (nSPS) is 15.2. The molecule has 63 heavy (non-hydrogen) atoms. The van der Waals surface area contributed by atoms with E-state index in [1.54, 1.807) is 6.20 Å². The first-order chi connectivity index (χ1) is 31.1. The van der Waals surface area contributed by atoms with Crippen LogP contribution in [-0.4, -0.2) is 48.5 Å². The Balaban J connectivity index is 0.000000161. The fraction of sp³-hybridized carbons (Fsp3) is 0.231. The number of hydrogen-bond donors (Lipinski definition) is 2. The van der Waals surface area contributed by atoms with Gasteiger partial charge in [-0.25, -0.2) is 19.7 Å². The number of aromatic nitrogens is 2. The van der Waals surface area contributed by atoms with Gasteiger partial charge in [0.25, 0.3) is 0 Å². The molecule has 10 rings (SSSR count). The van der Waals surface area contributed by atoms with Gasteiger partial charge in [-0.05, 0) is 36.8 Å². The highest BCUT2D eigenvalue weighted by molar-refractivity contribution is 6.39. The standard InChI is InChI=1S/C25H21N3O2.C20H11ClN2O.C5H11NO.C2H6/c1-26-20-16-28-25-22(23(20)27-15-19-13-8-14-29-19)21(17-9-4-2-5-10-17)24(30-25)18-11-6-3-7-12-18;1-22-15-12-23-20-17(18(15)21)16(13-8-4-2-5-9-13)19(24-20)14-10-6-3-7-11-14;6-4-5-2-1-3-7-5;1-2/h2-7,9-12,16,19H,8,13-15H2,(H,27,28);2-12H;5H,1-4,6H2;1-2H3/t19-;;5-;/m0.0./s1. The van der Waals surface area contributed by atoms with Crippen molar-refractivity contribution in [3.05, 3.63) is 162 Å². The van der Waals surface area contributed by atoms with Gasteiger partial charge in [0.15, 0.2) is 0 Å². The summed E-state index contributed by atoms with van der Waals surface area (Å²) >= 11 is 6.48. The Bertz CT molecular complexity index is 2790. The van der Waals surface area contributed by atoms with E-state index in [0.29, 0.717) is 58.2 Å². The number of nitrogens with one attached hydrogen (secondary N) is 1. The van der Waals surface area contributed by atoms with Gasteiger partial charge in [0.05, 0.1) is 46.8 Å². The number of hydrogen-bond acceptors (Lipinski definition) is 8. The number of pyridine rings is 2. The van der Waals surface area contributed by atoms with Crippen LogP contribution in [0.2, 0.25) is 5.02 Å². The van der Waals surface area contributed by atoms with Crippen LogP contribution in [0.5, 0.6) is 0 Å². The molecule has 2 fully saturated rings. The number of furan rings is 2. The van der Waals surface area contributed by atoms with Crippen molar-refractivity contribution in [3.8, 4) is 44.9 Å². The number of nitrogens with two attached hydrogens (primary N) is 1. The lowest BCUT2D eigenvalue weighted by Crippen LogP contribution is -2.18. The number of ether oxygens (including phenoxy) is 2. The lowest BCUT2D eigenvalue weighted by atomic mass is 9.98. The maximum absolute atomic E-state index is 7.68. The Morgan fingerprint density at radius 1 is 0.619 bits per heavy atom. The molecule has 8 aromatic rings. The highest BCUT2D eigenvalue weighted by Gasteiger charge is 2.25. The first kappa shape index (κ1) is 44.3. The van der Waals surface area contributed by atoms with Crippen molar-refractivity contribution in [2.75, 3.05) is 31.6 Å². The quantitative estimate of drug-likeness (QED) is 0.145. The lowest BCUT2D eigenvalue weighted by Gasteiger charge is -2.14. The predicted molar refractivity (Wildman–Crippen MR) is 254 cm³/mol. The SMILES string of the molecule is CC.NC[C@@H]1CCCO1.[C-]#[N+]c1cnc2oc(-c3ccccc3)c(-c3ccccc3)c2c1Cl.[C-]#[N+]c1cnc2oc(-c3ccccc3)c(-c3ccccc3)c2c1NC[C@@H]1CCCO1. The van der Waals surface area contributed by atoms with Crippen molar-refractivity contribution in [2.24, 2.45) is 5.73 Å². The van der Waals surface area contributed by atoms with Crippen LogP contribution in [0.4, 0.5) is 17.1 Å². The summed E-state index contributed by atoms with van der Waals surface area (Å²) in [6, 6.07) is 39.9. The molecular weight excluding hydrogens is 808 g/mol. The van der Waals surface area contributed by atoms with Crippen molar-refractivity contribution in [1.82, 2.24) is 9.97 Å². The predicted octanol–water partition coefficient (Wildman–Crippen LogP) is 13.8. The molecule has 2 saturated heterocycles. The van der Waals surface area contributed by atoms with Gasteiger partial charge in [0.1, 0.15) is 11.5 Å². The molecule has 3 N–H and O–H groups in total. The summed E-state index contributed by atoms with van der Waals surface area (Å²) in [7, 11) is 0. The van der Waals surface area contributed by atoms with Crippen molar-refractivity contribution in [1.29, 1.82) is 0 Å². The van der Waals surface area contributed by atoms with Gasteiger partial charge < -0.3 is 29.4 Å². The molecule has 0 aliphatic carbocycles. The number of anilines is 1. The maximum Gasteiger partial charge on any atom is 0.228 e. The Hall–Kier alpha value is -6.79. The Kier molecular flexibility index (Phi) is 15.3. The molecular formula is C52H49ClN6O4. The third-order valence-electron chi connectivity index (χ3n) is 10.6. The molecule has 0 amide bonds. The summed E-state index contributed by atoms with van der Waals surface area (Å²) in [6.07, 6.45) is 8.03. The van der Waals surface area contributed by atoms with E-state index >= 15 is 0 Å². The second-order valence-electron chi connectivity index (χ2n) is 14.5. The minimum atomic E-state index is 0.160. The Morgan fingerprint density at radius 2 is 1.05 bits per heavy atom. The minimum absolute atomic E-state index is 0.160. The van der Waals surface area contributed by atoms with E-state index in [1.165, 1.54) is 12.6 Å². The summed E-state index contributed by atoms with van der Waals surface area (Å²) in [5, 5.41) is 5.38. The largest absolute Gasteiger partial charge is 0.437 e. The molecule has 2 aliphatic rings. The second-order valence-corrected chi connectivity index (χ2v) is 14.9. The first-order valence-corrected chi connectivity index (χ1v) is 21.7. The molecule has 318 valence electrons. The minimum Gasteiger partial charge on any atom is -0.437 e. The third kappa shape index (κ3) is 10.1. The van der Waals surface area contributed by atoms with Crippen LogP contribution >= 0.6 is 11.6 Å². The van der Waals surface area contributed by atoms with Crippen LogP contribution in [0.1, 0.15) is 39.5 Å². The molecule has 0 bridgehead atoms. The number of rotatable bonds is 8. The van der Waals surface area contributed by atoms with Gasteiger partial charge in [-0.2, -0.15) is 0 Å². The average Bonchev–Trinajstić information content (AvgIpc) is 4.20. The average molecular weight is 857 g/mol. The zero-order valence-corrected chi connectivity index (χ0v) is 36.1. The molecule has 10 nitrogen and oxygen atoms in total. The van der Waals surface area contributed by atoms with Crippen LogP contribution in [0.15, 0.2) is 143 Å². The number of benzene rings is 4. The third-order valence-corrected chi connectivity index (χ3v) is 11.0. The zero-order valence-electron chi connectivity index (χ0n) is 35.4. The van der Waals surface area contributed by atoms with Gasteiger partial charge >= 0.3 is 0 Å². The molecule has 2 aliphatic heterocycles. The highest BCUT2D eigenvalue weighted by Crippen LogP contribution is 2.47. The molecule has 0 saturated carbocycles. The van der Waals surface area contributed by atoms with Crippen LogP contribution in [0.3, 0.4) is 0 Å². The summed E-state index contributed by atoms with van der Waals surface area (Å²) in [6.45, 7) is 22.0. The fourth-order valence-corrected chi connectivity index (χ4v) is 7.88. The Labute approximate surface area is 373 Å². The van der Waals surface area contributed by atoms with Gasteiger partial charge in [0, 0.05) is 61.0 Å². The molecule has 0 unspecified atom stereocenters. The summed E-state index contributed by atoms with van der Waals surface area (Å²) < 4.78 is 23.2. The second kappa shape index (κ2) is 21.8. The van der Waals surface area contributed by atoms with Crippen LogP contribution in [-0.2, 0) is 9.47 Å². The highest BCUT2D eigenvalue weighted by atomic mass is 35.5. The lowest BCUT2D eigenvalue weighted by molar-refractivity contribution is 0.117.